The van der Waals surface area contributed by atoms with Gasteiger partial charge in [-0.3, -0.25) is 4.99 Å². The van der Waals surface area contributed by atoms with Crippen molar-refractivity contribution in [3.8, 4) is 0 Å². The van der Waals surface area contributed by atoms with Crippen molar-refractivity contribution in [3.05, 3.63) is 12.2 Å². The number of amidine groups is 1. The van der Waals surface area contributed by atoms with Gasteiger partial charge in [0.2, 0.25) is 0 Å². The van der Waals surface area contributed by atoms with E-state index in [1.165, 1.54) is 19.3 Å². The third kappa shape index (κ3) is 11.2. The molecule has 0 aromatic rings. The summed E-state index contributed by atoms with van der Waals surface area (Å²) in [5, 5.41) is 0. The molecule has 6 nitrogen and oxygen atoms in total. The summed E-state index contributed by atoms with van der Waals surface area (Å²) in [4.78, 5) is 7.16. The Bertz CT molecular complexity index is 333. The van der Waals surface area contributed by atoms with Crippen LogP contribution in [-0.4, -0.2) is 34.0 Å². The highest BCUT2D eigenvalue weighted by Crippen LogP contribution is 2.16. The molecule has 1 N–H and O–H groups in total. The van der Waals surface area contributed by atoms with E-state index in [0.717, 1.165) is 24.5 Å². The van der Waals surface area contributed by atoms with Gasteiger partial charge in [-0.25, -0.2) is 0 Å². The van der Waals surface area contributed by atoms with Gasteiger partial charge in [-0.15, -0.1) is 0 Å². The van der Waals surface area contributed by atoms with Crippen molar-refractivity contribution in [1.29, 1.82) is 0 Å². The van der Waals surface area contributed by atoms with Crippen LogP contribution in [0.1, 0.15) is 47.0 Å². The van der Waals surface area contributed by atoms with Crippen LogP contribution in [0.4, 0.5) is 0 Å². The fourth-order valence-corrected chi connectivity index (χ4v) is 1.86. The van der Waals surface area contributed by atoms with E-state index >= 15 is 0 Å². The molecule has 0 unspecified atom stereocenters. The summed E-state index contributed by atoms with van der Waals surface area (Å²) >= 11 is 0. The number of hydrogen-bond acceptors (Lipinski definition) is 5. The van der Waals surface area contributed by atoms with Gasteiger partial charge < -0.3 is 4.90 Å². The van der Waals surface area contributed by atoms with Crippen molar-refractivity contribution < 1.29 is 28.9 Å². The van der Waals surface area contributed by atoms with Gasteiger partial charge >= 0.3 is 0 Å². The molecule has 0 aliphatic carbocycles. The number of nitrogens with zero attached hydrogens (tertiary/aromatic N) is 2. The van der Waals surface area contributed by atoms with Gasteiger partial charge in [0.1, 0.15) is 5.84 Å². The van der Waals surface area contributed by atoms with E-state index in [2.05, 4.69) is 39.2 Å². The van der Waals surface area contributed by atoms with Crippen LogP contribution in [0, 0.1) is 10.2 Å². The van der Waals surface area contributed by atoms with E-state index in [4.69, 9.17) is 23.6 Å². The summed E-state index contributed by atoms with van der Waals surface area (Å²) in [5.74, 6) is 1.11. The molecule has 0 aromatic heterocycles. The van der Waals surface area contributed by atoms with Crippen LogP contribution in [0.3, 0.4) is 0 Å². The minimum absolute atomic E-state index is 0.00820. The zero-order valence-corrected chi connectivity index (χ0v) is 13.4. The second-order valence-corrected chi connectivity index (χ2v) is 6.62. The maximum absolute atomic E-state index is 8.60. The molecule has 1 rings (SSSR count). The molecule has 1 fully saturated rings. The van der Waals surface area contributed by atoms with Crippen LogP contribution < -0.4 is 14.0 Å². The molecule has 0 spiro atoms. The van der Waals surface area contributed by atoms with E-state index in [1.807, 2.05) is 0 Å². The maximum Gasteiger partial charge on any atom is 0.126 e. The van der Waals surface area contributed by atoms with E-state index in [1.54, 1.807) is 0 Å². The monoisotopic (exact) mass is 308 g/mol. The summed E-state index contributed by atoms with van der Waals surface area (Å²) in [6.45, 7) is 14.8. The van der Waals surface area contributed by atoms with Gasteiger partial charge in [-0.05, 0) is 52.5 Å². The Morgan fingerprint density at radius 3 is 1.85 bits per heavy atom. The largest absolute Gasteiger partial charge is 0.357 e. The third-order valence-corrected chi connectivity index (χ3v) is 2.48. The lowest BCUT2D eigenvalue weighted by Gasteiger charge is -2.32. The first-order valence-electron chi connectivity index (χ1n) is 6.54. The van der Waals surface area contributed by atoms with Gasteiger partial charge in [0.25, 0.3) is 0 Å². The molecular weight excluding hydrogens is 284 g/mol. The van der Waals surface area contributed by atoms with Crippen LogP contribution in [0.2, 0.25) is 0 Å². The first-order valence-corrected chi connectivity index (χ1v) is 7.80. The lowest BCUT2D eigenvalue weighted by Crippen LogP contribution is -2.58. The predicted molar refractivity (Wildman–Crippen MR) is 69.6 cm³/mol. The Morgan fingerprint density at radius 2 is 1.55 bits per heavy atom. The Balaban J connectivity index is 0.000000621. The fourth-order valence-electron chi connectivity index (χ4n) is 1.86. The molecule has 0 atom stereocenters. The first kappa shape index (κ1) is 19.3. The van der Waals surface area contributed by atoms with Crippen molar-refractivity contribution >= 4 is 5.84 Å². The molecule has 0 aromatic carbocycles. The number of rotatable bonds is 1. The van der Waals surface area contributed by atoms with Crippen molar-refractivity contribution in [1.82, 2.24) is 4.90 Å². The van der Waals surface area contributed by atoms with Gasteiger partial charge in [-0.1, -0.05) is 6.58 Å². The van der Waals surface area contributed by atoms with Crippen LogP contribution >= 0.6 is 0 Å². The summed E-state index contributed by atoms with van der Waals surface area (Å²) in [6.07, 6.45) is 3.93. The van der Waals surface area contributed by atoms with Crippen LogP contribution in [0.15, 0.2) is 17.1 Å². The van der Waals surface area contributed by atoms with E-state index in [0.29, 0.717) is 0 Å². The average molecular weight is 309 g/mol. The highest BCUT2D eigenvalue weighted by Gasteiger charge is 2.18. The summed E-state index contributed by atoms with van der Waals surface area (Å²) in [5.41, 5.74) is 1.08. The number of hydrogen-bond donors (Lipinski definition) is 1. The smallest absolute Gasteiger partial charge is 0.126 e. The number of aliphatic imine (C=N–C) groups is 1. The third-order valence-electron chi connectivity index (χ3n) is 2.48. The van der Waals surface area contributed by atoms with Gasteiger partial charge in [0.05, 0.1) is 20.4 Å². The van der Waals surface area contributed by atoms with Crippen LogP contribution in [-0.2, 0) is 0 Å². The minimum Gasteiger partial charge on any atom is -0.357 e. The fraction of sp³-hybridized carbons (Fsp3) is 0.769. The molecular formula is C13H25ClN2O4. The molecule has 1 saturated heterocycles. The second-order valence-electron chi connectivity index (χ2n) is 5.83. The first-order chi connectivity index (χ1) is 8.90. The number of piperidine rings is 1. The molecule has 118 valence electrons. The maximum atomic E-state index is 8.60. The molecule has 0 bridgehead atoms. The zero-order valence-electron chi connectivity index (χ0n) is 12.7. The lowest BCUT2D eigenvalue weighted by atomic mass is 10.1. The zero-order chi connectivity index (χ0) is 16.0. The molecule has 7 heteroatoms. The highest BCUT2D eigenvalue weighted by molar-refractivity contribution is 5.97. The molecule has 1 aliphatic heterocycles. The molecule has 0 amide bonds. The normalized spacial score (nSPS) is 17.4. The van der Waals surface area contributed by atoms with Crippen molar-refractivity contribution in [2.75, 3.05) is 13.1 Å². The SMILES string of the molecule is C=C(C)C(=NC(C)(C)C)N1CCCCC1.[O-][Cl+3]([O-])([O-])O. The molecule has 20 heavy (non-hydrogen) atoms. The summed E-state index contributed by atoms with van der Waals surface area (Å²) < 4.78 is 32.7. The van der Waals surface area contributed by atoms with E-state index in [9.17, 15) is 0 Å². The van der Waals surface area contributed by atoms with Crippen LogP contribution in [0.5, 0.6) is 0 Å². The Morgan fingerprint density at radius 1 is 1.15 bits per heavy atom. The molecule has 1 aliphatic rings. The van der Waals surface area contributed by atoms with Crippen molar-refractivity contribution in [3.63, 3.8) is 0 Å². The highest BCUT2D eigenvalue weighted by atomic mass is 35.7. The van der Waals surface area contributed by atoms with Crippen LogP contribution in [0.25, 0.3) is 0 Å². The van der Waals surface area contributed by atoms with Crippen molar-refractivity contribution in [2.24, 2.45) is 4.99 Å². The van der Waals surface area contributed by atoms with Gasteiger partial charge in [0.15, 0.2) is 0 Å². The summed E-state index contributed by atoms with van der Waals surface area (Å²) in [6, 6.07) is 0. The minimum atomic E-state index is -4.69. The molecule has 0 radical (unpaired) electrons. The Hall–Kier alpha value is -0.660. The Labute approximate surface area is 123 Å². The quantitative estimate of drug-likeness (QED) is 0.500. The molecule has 1 heterocycles. The second kappa shape index (κ2) is 7.95. The standard InChI is InChI=1S/C13H24N2.ClHO4/c1-11(2)12(14-13(3,4)5)15-9-7-6-8-10-15;2-1(3,4)5/h1,6-10H2,2-5H3;(H,2,3,4,5). The number of likely N-dealkylation sites (tertiary alicyclic amines) is 1. The average Bonchev–Trinajstić information content (AvgIpc) is 2.23. The molecule has 0 saturated carbocycles. The van der Waals surface area contributed by atoms with Crippen molar-refractivity contribution in [2.45, 2.75) is 52.5 Å². The van der Waals surface area contributed by atoms with Gasteiger partial charge in [0, 0.05) is 13.1 Å². The van der Waals surface area contributed by atoms with E-state index in [-0.39, 0.29) is 5.54 Å². The number of halogens is 1. The predicted octanol–water partition coefficient (Wildman–Crippen LogP) is -0.879. The van der Waals surface area contributed by atoms with Gasteiger partial charge in [-0.2, -0.15) is 14.0 Å². The lowest BCUT2D eigenvalue weighted by molar-refractivity contribution is -1.92. The Kier molecular flexibility index (Phi) is 7.69. The topological polar surface area (TPSA) is 105 Å². The summed E-state index contributed by atoms with van der Waals surface area (Å²) in [7, 11) is -4.69. The van der Waals surface area contributed by atoms with E-state index < -0.39 is 10.2 Å².